The lowest BCUT2D eigenvalue weighted by Crippen LogP contribution is -2.06. The summed E-state index contributed by atoms with van der Waals surface area (Å²) in [6.07, 6.45) is 1.69. The fraction of sp³-hybridized carbons (Fsp3) is 0.250. The normalized spacial score (nSPS) is 10.3. The second-order valence-corrected chi connectivity index (χ2v) is 4.09. The highest BCUT2D eigenvalue weighted by Gasteiger charge is 2.09. The van der Waals surface area contributed by atoms with E-state index in [4.69, 9.17) is 10.5 Å². The third kappa shape index (κ3) is 2.85. The molecule has 0 bridgehead atoms. The summed E-state index contributed by atoms with van der Waals surface area (Å²) < 4.78 is 6.68. The van der Waals surface area contributed by atoms with Gasteiger partial charge in [-0.3, -0.25) is 4.68 Å². The van der Waals surface area contributed by atoms with Gasteiger partial charge in [-0.05, 0) is 30.7 Å². The standard InChI is InChI=1S/C12H14N4O2/c1-8-3-9(5-10(13)4-8)12(17)18-7-11-6-16(2)15-14-11/h3-6H,7,13H2,1-2H3. The van der Waals surface area contributed by atoms with Crippen LogP contribution in [-0.2, 0) is 18.4 Å². The van der Waals surface area contributed by atoms with Crippen molar-refractivity contribution in [2.75, 3.05) is 5.73 Å². The summed E-state index contributed by atoms with van der Waals surface area (Å²) in [6.45, 7) is 1.97. The Balaban J connectivity index is 2.03. The van der Waals surface area contributed by atoms with E-state index in [2.05, 4.69) is 10.3 Å². The van der Waals surface area contributed by atoms with Crippen molar-refractivity contribution in [1.29, 1.82) is 0 Å². The number of nitrogens with two attached hydrogens (primary N) is 1. The number of ether oxygens (including phenoxy) is 1. The maximum atomic E-state index is 11.8. The second-order valence-electron chi connectivity index (χ2n) is 4.09. The van der Waals surface area contributed by atoms with Gasteiger partial charge in [0.2, 0.25) is 0 Å². The van der Waals surface area contributed by atoms with Crippen molar-refractivity contribution >= 4 is 11.7 Å². The van der Waals surface area contributed by atoms with Gasteiger partial charge in [-0.2, -0.15) is 0 Å². The zero-order valence-corrected chi connectivity index (χ0v) is 10.3. The molecule has 0 amide bonds. The Morgan fingerprint density at radius 1 is 1.44 bits per heavy atom. The zero-order valence-electron chi connectivity index (χ0n) is 10.3. The highest BCUT2D eigenvalue weighted by Crippen LogP contribution is 2.12. The van der Waals surface area contributed by atoms with Crippen LogP contribution in [-0.4, -0.2) is 21.0 Å². The first-order valence-electron chi connectivity index (χ1n) is 5.44. The molecule has 0 saturated carbocycles. The topological polar surface area (TPSA) is 83.0 Å². The average Bonchev–Trinajstić information content (AvgIpc) is 2.70. The number of carbonyl (C=O) groups is 1. The van der Waals surface area contributed by atoms with Crippen LogP contribution in [0.25, 0.3) is 0 Å². The molecule has 2 N–H and O–H groups in total. The molecule has 6 nitrogen and oxygen atoms in total. The summed E-state index contributed by atoms with van der Waals surface area (Å²) in [5.74, 6) is -0.420. The first-order chi connectivity index (χ1) is 8.54. The first-order valence-corrected chi connectivity index (χ1v) is 5.44. The minimum Gasteiger partial charge on any atom is -0.455 e. The lowest BCUT2D eigenvalue weighted by atomic mass is 10.1. The van der Waals surface area contributed by atoms with Gasteiger partial charge in [0, 0.05) is 12.7 Å². The van der Waals surface area contributed by atoms with Crippen LogP contribution >= 0.6 is 0 Å². The van der Waals surface area contributed by atoms with Crippen molar-refractivity contribution in [3.63, 3.8) is 0 Å². The van der Waals surface area contributed by atoms with Gasteiger partial charge in [-0.15, -0.1) is 5.10 Å². The highest BCUT2D eigenvalue weighted by molar-refractivity contribution is 5.90. The smallest absolute Gasteiger partial charge is 0.338 e. The van der Waals surface area contributed by atoms with Crippen molar-refractivity contribution < 1.29 is 9.53 Å². The number of nitrogen functional groups attached to an aromatic ring is 1. The van der Waals surface area contributed by atoms with Gasteiger partial charge in [0.25, 0.3) is 0 Å². The summed E-state index contributed by atoms with van der Waals surface area (Å²) in [5.41, 5.74) is 8.18. The van der Waals surface area contributed by atoms with Crippen molar-refractivity contribution in [3.05, 3.63) is 41.2 Å². The van der Waals surface area contributed by atoms with Crippen molar-refractivity contribution in [3.8, 4) is 0 Å². The third-order valence-corrected chi connectivity index (χ3v) is 2.34. The molecular weight excluding hydrogens is 232 g/mol. The molecule has 2 rings (SSSR count). The molecule has 0 aliphatic carbocycles. The highest BCUT2D eigenvalue weighted by atomic mass is 16.5. The average molecular weight is 246 g/mol. The maximum Gasteiger partial charge on any atom is 0.338 e. The molecule has 0 aliphatic heterocycles. The predicted molar refractivity (Wildman–Crippen MR) is 65.7 cm³/mol. The fourth-order valence-corrected chi connectivity index (χ4v) is 1.61. The van der Waals surface area contributed by atoms with Crippen LogP contribution in [0.2, 0.25) is 0 Å². The number of rotatable bonds is 3. The van der Waals surface area contributed by atoms with E-state index < -0.39 is 5.97 Å². The summed E-state index contributed by atoms with van der Waals surface area (Å²) in [4.78, 5) is 11.8. The molecule has 2 aromatic rings. The van der Waals surface area contributed by atoms with E-state index in [1.807, 2.05) is 6.92 Å². The van der Waals surface area contributed by atoms with E-state index in [0.29, 0.717) is 16.9 Å². The summed E-state index contributed by atoms with van der Waals surface area (Å²) in [7, 11) is 1.75. The van der Waals surface area contributed by atoms with Crippen LogP contribution < -0.4 is 5.73 Å². The molecule has 0 unspecified atom stereocenters. The van der Waals surface area contributed by atoms with E-state index in [-0.39, 0.29) is 6.61 Å². The Kier molecular flexibility index (Phi) is 3.27. The molecule has 0 radical (unpaired) electrons. The molecular formula is C12H14N4O2. The summed E-state index contributed by atoms with van der Waals surface area (Å²) in [5, 5.41) is 7.58. The van der Waals surface area contributed by atoms with E-state index in [0.717, 1.165) is 5.56 Å². The Hall–Kier alpha value is -2.37. The van der Waals surface area contributed by atoms with Crippen LogP contribution in [0.5, 0.6) is 0 Å². The zero-order chi connectivity index (χ0) is 13.1. The maximum absolute atomic E-state index is 11.8. The number of aryl methyl sites for hydroxylation is 2. The molecule has 1 heterocycles. The number of esters is 1. The van der Waals surface area contributed by atoms with Crippen LogP contribution in [0, 0.1) is 6.92 Å². The lowest BCUT2D eigenvalue weighted by molar-refractivity contribution is 0.0467. The number of hydrogen-bond donors (Lipinski definition) is 1. The van der Waals surface area contributed by atoms with Crippen molar-refractivity contribution in [2.45, 2.75) is 13.5 Å². The number of aromatic nitrogens is 3. The van der Waals surface area contributed by atoms with E-state index in [9.17, 15) is 4.79 Å². The monoisotopic (exact) mass is 246 g/mol. The number of carbonyl (C=O) groups excluding carboxylic acids is 1. The molecule has 0 spiro atoms. The molecule has 1 aromatic heterocycles. The molecule has 1 aromatic carbocycles. The second kappa shape index (κ2) is 4.87. The molecule has 0 aliphatic rings. The first kappa shape index (κ1) is 12.1. The molecule has 94 valence electrons. The van der Waals surface area contributed by atoms with E-state index in [1.54, 1.807) is 36.1 Å². The predicted octanol–water partition coefficient (Wildman–Crippen LogP) is 1.06. The van der Waals surface area contributed by atoms with Gasteiger partial charge in [0.1, 0.15) is 12.3 Å². The molecule has 18 heavy (non-hydrogen) atoms. The number of hydrogen-bond acceptors (Lipinski definition) is 5. The van der Waals surface area contributed by atoms with Crippen LogP contribution in [0.15, 0.2) is 24.4 Å². The quantitative estimate of drug-likeness (QED) is 0.646. The van der Waals surface area contributed by atoms with Gasteiger partial charge in [-0.25, -0.2) is 4.79 Å². The summed E-state index contributed by atoms with van der Waals surface area (Å²) >= 11 is 0. The van der Waals surface area contributed by atoms with E-state index >= 15 is 0 Å². The van der Waals surface area contributed by atoms with Gasteiger partial charge in [0.15, 0.2) is 0 Å². The number of nitrogens with zero attached hydrogens (tertiary/aromatic N) is 3. The third-order valence-electron chi connectivity index (χ3n) is 2.34. The van der Waals surface area contributed by atoms with Crippen LogP contribution in [0.4, 0.5) is 5.69 Å². The Morgan fingerprint density at radius 3 is 2.83 bits per heavy atom. The lowest BCUT2D eigenvalue weighted by Gasteiger charge is -2.04. The minimum absolute atomic E-state index is 0.0977. The van der Waals surface area contributed by atoms with Gasteiger partial charge >= 0.3 is 5.97 Å². The van der Waals surface area contributed by atoms with Crippen LogP contribution in [0.3, 0.4) is 0 Å². The molecule has 0 saturated heterocycles. The Labute approximate surface area is 104 Å². The van der Waals surface area contributed by atoms with E-state index in [1.165, 1.54) is 0 Å². The Bertz CT molecular complexity index is 557. The molecule has 0 atom stereocenters. The molecule has 0 fully saturated rings. The van der Waals surface area contributed by atoms with Crippen molar-refractivity contribution in [1.82, 2.24) is 15.0 Å². The largest absolute Gasteiger partial charge is 0.455 e. The Morgan fingerprint density at radius 2 is 2.22 bits per heavy atom. The van der Waals surface area contributed by atoms with Gasteiger partial charge in [0.05, 0.1) is 11.8 Å². The van der Waals surface area contributed by atoms with Crippen LogP contribution in [0.1, 0.15) is 21.6 Å². The minimum atomic E-state index is -0.420. The molecule has 6 heteroatoms. The number of benzene rings is 1. The summed E-state index contributed by atoms with van der Waals surface area (Å²) in [6, 6.07) is 5.11. The van der Waals surface area contributed by atoms with Gasteiger partial charge < -0.3 is 10.5 Å². The SMILES string of the molecule is Cc1cc(N)cc(C(=O)OCc2cn(C)nn2)c1. The van der Waals surface area contributed by atoms with Gasteiger partial charge in [-0.1, -0.05) is 5.21 Å². The van der Waals surface area contributed by atoms with Crippen molar-refractivity contribution in [2.24, 2.45) is 7.05 Å². The number of anilines is 1. The fourth-order valence-electron chi connectivity index (χ4n) is 1.61.